The van der Waals surface area contributed by atoms with Crippen molar-refractivity contribution in [3.05, 3.63) is 34.1 Å². The minimum absolute atomic E-state index is 0.259. The fourth-order valence-electron chi connectivity index (χ4n) is 0.745. The summed E-state index contributed by atoms with van der Waals surface area (Å²) in [5.41, 5.74) is 0.510. The molecular formula is C8H7BrFN. The summed E-state index contributed by atoms with van der Waals surface area (Å²) in [5, 5.41) is 0. The minimum Gasteiger partial charge on any atom is -0.296 e. The van der Waals surface area contributed by atoms with Gasteiger partial charge in [-0.15, -0.1) is 0 Å². The maximum absolute atomic E-state index is 12.9. The Morgan fingerprint density at radius 2 is 2.27 bits per heavy atom. The number of hydrogen-bond donors (Lipinski definition) is 0. The number of rotatable bonds is 1. The van der Waals surface area contributed by atoms with Crippen LogP contribution in [0.25, 0.3) is 0 Å². The van der Waals surface area contributed by atoms with Crippen LogP contribution >= 0.6 is 15.9 Å². The SMILES string of the molecule is CN=Cc1ccc(Br)cc1F. The van der Waals surface area contributed by atoms with Crippen LogP contribution < -0.4 is 0 Å². The number of benzene rings is 1. The molecule has 0 aliphatic carbocycles. The maximum atomic E-state index is 12.9. The minimum atomic E-state index is -0.259. The third-order valence-electron chi connectivity index (χ3n) is 1.23. The van der Waals surface area contributed by atoms with Crippen LogP contribution in [0.1, 0.15) is 5.56 Å². The summed E-state index contributed by atoms with van der Waals surface area (Å²) in [7, 11) is 1.61. The van der Waals surface area contributed by atoms with Crippen molar-refractivity contribution < 1.29 is 4.39 Å². The molecule has 0 bridgehead atoms. The summed E-state index contributed by atoms with van der Waals surface area (Å²) >= 11 is 3.16. The van der Waals surface area contributed by atoms with E-state index in [0.29, 0.717) is 5.56 Å². The second kappa shape index (κ2) is 3.62. The number of aliphatic imine (C=N–C) groups is 1. The van der Waals surface area contributed by atoms with Crippen LogP contribution in [-0.2, 0) is 0 Å². The molecule has 0 saturated heterocycles. The highest BCUT2D eigenvalue weighted by Gasteiger charge is 1.97. The van der Waals surface area contributed by atoms with Gasteiger partial charge in [-0.1, -0.05) is 15.9 Å². The maximum Gasteiger partial charge on any atom is 0.133 e. The molecule has 11 heavy (non-hydrogen) atoms. The van der Waals surface area contributed by atoms with Crippen LogP contribution in [0.2, 0.25) is 0 Å². The van der Waals surface area contributed by atoms with Crippen molar-refractivity contribution in [2.24, 2.45) is 4.99 Å². The van der Waals surface area contributed by atoms with E-state index in [9.17, 15) is 4.39 Å². The molecule has 3 heteroatoms. The molecule has 1 aromatic rings. The zero-order valence-corrected chi connectivity index (χ0v) is 7.60. The lowest BCUT2D eigenvalue weighted by Crippen LogP contribution is -1.86. The standard InChI is InChI=1S/C8H7BrFN/c1-11-5-6-2-3-7(9)4-8(6)10/h2-5H,1H3. The van der Waals surface area contributed by atoms with Gasteiger partial charge in [0, 0.05) is 23.3 Å². The van der Waals surface area contributed by atoms with E-state index in [1.165, 1.54) is 12.3 Å². The first-order valence-corrected chi connectivity index (χ1v) is 3.90. The normalized spacial score (nSPS) is 10.8. The van der Waals surface area contributed by atoms with Crippen LogP contribution in [0.4, 0.5) is 4.39 Å². The molecule has 0 amide bonds. The van der Waals surface area contributed by atoms with E-state index in [0.717, 1.165) is 4.47 Å². The first kappa shape index (κ1) is 8.40. The molecule has 0 unspecified atom stereocenters. The van der Waals surface area contributed by atoms with Gasteiger partial charge in [-0.3, -0.25) is 4.99 Å². The van der Waals surface area contributed by atoms with Gasteiger partial charge in [0.05, 0.1) is 0 Å². The highest BCUT2D eigenvalue weighted by molar-refractivity contribution is 9.10. The Balaban J connectivity index is 3.09. The van der Waals surface area contributed by atoms with Gasteiger partial charge in [-0.2, -0.15) is 0 Å². The monoisotopic (exact) mass is 215 g/mol. The Morgan fingerprint density at radius 1 is 1.55 bits per heavy atom. The Labute approximate surface area is 73.1 Å². The lowest BCUT2D eigenvalue weighted by atomic mass is 10.2. The van der Waals surface area contributed by atoms with Gasteiger partial charge in [-0.25, -0.2) is 4.39 Å². The van der Waals surface area contributed by atoms with Crippen LogP contribution in [0.3, 0.4) is 0 Å². The Kier molecular flexibility index (Phi) is 2.76. The highest BCUT2D eigenvalue weighted by Crippen LogP contribution is 2.13. The lowest BCUT2D eigenvalue weighted by molar-refractivity contribution is 0.625. The molecule has 0 heterocycles. The Bertz CT molecular complexity index is 283. The zero-order chi connectivity index (χ0) is 8.27. The summed E-state index contributed by atoms with van der Waals surface area (Å²) in [6.45, 7) is 0. The molecule has 0 spiro atoms. The fraction of sp³-hybridized carbons (Fsp3) is 0.125. The molecular weight excluding hydrogens is 209 g/mol. The topological polar surface area (TPSA) is 12.4 Å². The summed E-state index contributed by atoms with van der Waals surface area (Å²) in [5.74, 6) is -0.259. The van der Waals surface area contributed by atoms with E-state index in [1.54, 1.807) is 19.2 Å². The molecule has 0 aliphatic heterocycles. The van der Waals surface area contributed by atoms with Crippen LogP contribution in [-0.4, -0.2) is 13.3 Å². The first-order valence-electron chi connectivity index (χ1n) is 3.11. The molecule has 0 fully saturated rings. The Hall–Kier alpha value is -0.700. The molecule has 0 atom stereocenters. The molecule has 1 rings (SSSR count). The van der Waals surface area contributed by atoms with Gasteiger partial charge in [0.15, 0.2) is 0 Å². The number of hydrogen-bond acceptors (Lipinski definition) is 1. The van der Waals surface area contributed by atoms with Crippen LogP contribution in [0.15, 0.2) is 27.7 Å². The quantitative estimate of drug-likeness (QED) is 0.640. The van der Waals surface area contributed by atoms with Crippen molar-refractivity contribution in [1.29, 1.82) is 0 Å². The van der Waals surface area contributed by atoms with Gasteiger partial charge < -0.3 is 0 Å². The molecule has 0 N–H and O–H groups in total. The average Bonchev–Trinajstić information content (AvgIpc) is 1.95. The third-order valence-corrected chi connectivity index (χ3v) is 1.72. The van der Waals surface area contributed by atoms with Gasteiger partial charge in [0.25, 0.3) is 0 Å². The second-order valence-corrected chi connectivity index (χ2v) is 2.97. The van der Waals surface area contributed by atoms with E-state index < -0.39 is 0 Å². The fourth-order valence-corrected chi connectivity index (χ4v) is 1.08. The molecule has 0 saturated carbocycles. The molecule has 0 radical (unpaired) electrons. The van der Waals surface area contributed by atoms with E-state index in [2.05, 4.69) is 20.9 Å². The van der Waals surface area contributed by atoms with E-state index in [-0.39, 0.29) is 5.82 Å². The highest BCUT2D eigenvalue weighted by atomic mass is 79.9. The van der Waals surface area contributed by atoms with Crippen LogP contribution in [0.5, 0.6) is 0 Å². The predicted octanol–water partition coefficient (Wildman–Crippen LogP) is 2.64. The van der Waals surface area contributed by atoms with Crippen molar-refractivity contribution in [2.45, 2.75) is 0 Å². The zero-order valence-electron chi connectivity index (χ0n) is 6.01. The number of nitrogens with zero attached hydrogens (tertiary/aromatic N) is 1. The summed E-state index contributed by atoms with van der Waals surface area (Å²) in [6, 6.07) is 4.86. The summed E-state index contributed by atoms with van der Waals surface area (Å²) in [6.07, 6.45) is 1.49. The van der Waals surface area contributed by atoms with Crippen molar-refractivity contribution in [3.63, 3.8) is 0 Å². The van der Waals surface area contributed by atoms with Gasteiger partial charge in [0.1, 0.15) is 5.82 Å². The van der Waals surface area contributed by atoms with Crippen molar-refractivity contribution in [3.8, 4) is 0 Å². The summed E-state index contributed by atoms with van der Waals surface area (Å²) in [4.78, 5) is 3.72. The van der Waals surface area contributed by atoms with Crippen molar-refractivity contribution in [2.75, 3.05) is 7.05 Å². The predicted molar refractivity (Wildman–Crippen MR) is 47.6 cm³/mol. The summed E-state index contributed by atoms with van der Waals surface area (Å²) < 4.78 is 13.7. The largest absolute Gasteiger partial charge is 0.296 e. The van der Waals surface area contributed by atoms with Gasteiger partial charge >= 0.3 is 0 Å². The molecule has 1 nitrogen and oxygen atoms in total. The van der Waals surface area contributed by atoms with E-state index in [1.807, 2.05) is 0 Å². The van der Waals surface area contributed by atoms with E-state index in [4.69, 9.17) is 0 Å². The second-order valence-electron chi connectivity index (χ2n) is 2.05. The molecule has 1 aromatic carbocycles. The molecule has 0 aliphatic rings. The molecule has 0 aromatic heterocycles. The molecule has 58 valence electrons. The number of halogens is 2. The van der Waals surface area contributed by atoms with Crippen molar-refractivity contribution >= 4 is 22.1 Å². The Morgan fingerprint density at radius 3 is 2.82 bits per heavy atom. The first-order chi connectivity index (χ1) is 5.24. The van der Waals surface area contributed by atoms with E-state index >= 15 is 0 Å². The third kappa shape index (κ3) is 2.12. The van der Waals surface area contributed by atoms with Gasteiger partial charge in [-0.05, 0) is 18.2 Å². The van der Waals surface area contributed by atoms with Crippen LogP contribution in [0, 0.1) is 5.82 Å². The smallest absolute Gasteiger partial charge is 0.133 e. The lowest BCUT2D eigenvalue weighted by Gasteiger charge is -1.95. The van der Waals surface area contributed by atoms with Gasteiger partial charge in [0.2, 0.25) is 0 Å². The van der Waals surface area contributed by atoms with Crippen molar-refractivity contribution in [1.82, 2.24) is 0 Å². The average molecular weight is 216 g/mol.